The molecule has 0 aromatic carbocycles. The lowest BCUT2D eigenvalue weighted by molar-refractivity contribution is 0.372. The molecular formula is C11H19N3O2S. The Morgan fingerprint density at radius 1 is 1.35 bits per heavy atom. The number of sulfonamides is 1. The van der Waals surface area contributed by atoms with E-state index in [9.17, 15) is 8.42 Å². The van der Waals surface area contributed by atoms with Gasteiger partial charge in [-0.05, 0) is 39.7 Å². The van der Waals surface area contributed by atoms with Crippen molar-refractivity contribution in [2.24, 2.45) is 0 Å². The van der Waals surface area contributed by atoms with Crippen LogP contribution < -0.4 is 0 Å². The molecule has 1 aliphatic rings. The maximum absolute atomic E-state index is 12.3. The monoisotopic (exact) mass is 257 g/mol. The summed E-state index contributed by atoms with van der Waals surface area (Å²) in [6, 6.07) is 0. The van der Waals surface area contributed by atoms with Gasteiger partial charge in [0.25, 0.3) is 0 Å². The topological polar surface area (TPSA) is 66.1 Å². The molecule has 1 aromatic heterocycles. The van der Waals surface area contributed by atoms with Crippen LogP contribution in [0.1, 0.15) is 37.7 Å². The predicted octanol–water partition coefficient (Wildman–Crippen LogP) is 1.20. The van der Waals surface area contributed by atoms with Crippen molar-refractivity contribution in [2.45, 2.75) is 45.4 Å². The quantitative estimate of drug-likeness (QED) is 0.822. The van der Waals surface area contributed by atoms with Crippen molar-refractivity contribution >= 4 is 10.0 Å². The fourth-order valence-corrected chi connectivity index (χ4v) is 3.44. The van der Waals surface area contributed by atoms with Crippen molar-refractivity contribution in [2.75, 3.05) is 6.54 Å². The van der Waals surface area contributed by atoms with Gasteiger partial charge in [0, 0.05) is 12.2 Å². The van der Waals surface area contributed by atoms with Crippen molar-refractivity contribution in [3.8, 4) is 0 Å². The van der Waals surface area contributed by atoms with E-state index in [-0.39, 0.29) is 0 Å². The van der Waals surface area contributed by atoms with Crippen molar-refractivity contribution in [3.63, 3.8) is 0 Å². The molecule has 0 amide bonds. The smallest absolute Gasteiger partial charge is 0.219 e. The standard InChI is InChI=1S/C11H19N3O2S/c1-8-9-5-6-14(7-10(9)13-12-8)17(15,16)11(2,3)4/h5-7H2,1-4H3,(H,12,13). The first-order chi connectivity index (χ1) is 7.73. The lowest BCUT2D eigenvalue weighted by atomic mass is 10.1. The summed E-state index contributed by atoms with van der Waals surface area (Å²) < 4.78 is 25.4. The number of fused-ring (bicyclic) bond motifs is 1. The molecule has 0 saturated carbocycles. The molecule has 6 heteroatoms. The van der Waals surface area contributed by atoms with E-state index in [1.807, 2.05) is 6.92 Å². The third-order valence-corrected chi connectivity index (χ3v) is 5.75. The third-order valence-electron chi connectivity index (χ3n) is 3.21. The van der Waals surface area contributed by atoms with Gasteiger partial charge in [-0.25, -0.2) is 8.42 Å². The van der Waals surface area contributed by atoms with Gasteiger partial charge in [0.2, 0.25) is 10.0 Å². The summed E-state index contributed by atoms with van der Waals surface area (Å²) in [6.07, 6.45) is 0.743. The summed E-state index contributed by atoms with van der Waals surface area (Å²) in [4.78, 5) is 0. The number of hydrogen-bond donors (Lipinski definition) is 1. The van der Waals surface area contributed by atoms with Crippen LogP contribution in [0.2, 0.25) is 0 Å². The highest BCUT2D eigenvalue weighted by Gasteiger charge is 2.37. The molecule has 0 fully saturated rings. The maximum atomic E-state index is 12.3. The Bertz CT molecular complexity index is 525. The number of aryl methyl sites for hydroxylation is 1. The second-order valence-electron chi connectivity index (χ2n) is 5.47. The zero-order chi connectivity index (χ0) is 12.8. The zero-order valence-electron chi connectivity index (χ0n) is 10.7. The Morgan fingerprint density at radius 3 is 2.59 bits per heavy atom. The van der Waals surface area contributed by atoms with Gasteiger partial charge in [0.15, 0.2) is 0 Å². The minimum Gasteiger partial charge on any atom is -0.282 e. The van der Waals surface area contributed by atoms with Gasteiger partial charge >= 0.3 is 0 Å². The molecule has 0 bridgehead atoms. The van der Waals surface area contributed by atoms with E-state index >= 15 is 0 Å². The molecular weight excluding hydrogens is 238 g/mol. The van der Waals surface area contributed by atoms with E-state index in [1.54, 1.807) is 20.8 Å². The Balaban J connectivity index is 2.30. The van der Waals surface area contributed by atoms with Crippen molar-refractivity contribution in [3.05, 3.63) is 17.0 Å². The van der Waals surface area contributed by atoms with Gasteiger partial charge in [-0.1, -0.05) is 0 Å². The molecule has 2 rings (SSSR count). The van der Waals surface area contributed by atoms with Gasteiger partial charge in [0.1, 0.15) is 0 Å². The predicted molar refractivity (Wildman–Crippen MR) is 66.1 cm³/mol. The van der Waals surface area contributed by atoms with Gasteiger partial charge in [-0.3, -0.25) is 5.10 Å². The first kappa shape index (κ1) is 12.6. The normalized spacial score (nSPS) is 18.1. The number of nitrogens with one attached hydrogen (secondary N) is 1. The summed E-state index contributed by atoms with van der Waals surface area (Å²) in [5, 5.41) is 7.09. The molecule has 0 atom stereocenters. The molecule has 96 valence electrons. The second-order valence-corrected chi connectivity index (χ2v) is 8.17. The molecule has 5 nitrogen and oxygen atoms in total. The Kier molecular flexibility index (Phi) is 2.82. The molecule has 2 heterocycles. The summed E-state index contributed by atoms with van der Waals surface area (Å²) in [5.74, 6) is 0. The minimum atomic E-state index is -3.25. The van der Waals surface area contributed by atoms with Crippen LogP contribution in [-0.4, -0.2) is 34.2 Å². The van der Waals surface area contributed by atoms with Gasteiger partial charge in [-0.2, -0.15) is 9.40 Å². The second kappa shape index (κ2) is 3.81. The average Bonchev–Trinajstić information content (AvgIpc) is 2.58. The number of H-pyrrole nitrogens is 1. The summed E-state index contributed by atoms with van der Waals surface area (Å²) in [6.45, 7) is 8.10. The van der Waals surface area contributed by atoms with Crippen LogP contribution in [0.25, 0.3) is 0 Å². The first-order valence-corrected chi connectivity index (χ1v) is 7.20. The van der Waals surface area contributed by atoms with Gasteiger partial charge in [-0.15, -0.1) is 0 Å². The number of rotatable bonds is 1. The van der Waals surface area contributed by atoms with E-state index < -0.39 is 14.8 Å². The van der Waals surface area contributed by atoms with Crippen LogP contribution in [0.3, 0.4) is 0 Å². The van der Waals surface area contributed by atoms with E-state index in [0.29, 0.717) is 13.1 Å². The SMILES string of the molecule is Cc1[nH]nc2c1CCN(S(=O)(=O)C(C)(C)C)C2. The number of nitrogens with zero attached hydrogens (tertiary/aromatic N) is 2. The largest absolute Gasteiger partial charge is 0.282 e. The fourth-order valence-electron chi connectivity index (χ4n) is 2.04. The van der Waals surface area contributed by atoms with Crippen molar-refractivity contribution in [1.82, 2.24) is 14.5 Å². The molecule has 1 aromatic rings. The Morgan fingerprint density at radius 2 is 2.00 bits per heavy atom. The highest BCUT2D eigenvalue weighted by molar-refractivity contribution is 7.90. The van der Waals surface area contributed by atoms with E-state index in [0.717, 1.165) is 17.8 Å². The number of aromatic amines is 1. The van der Waals surface area contributed by atoms with Crippen LogP contribution in [0.15, 0.2) is 0 Å². The van der Waals surface area contributed by atoms with Crippen molar-refractivity contribution in [1.29, 1.82) is 0 Å². The molecule has 0 unspecified atom stereocenters. The number of aromatic nitrogens is 2. The van der Waals surface area contributed by atoms with Crippen LogP contribution in [0.4, 0.5) is 0 Å². The highest BCUT2D eigenvalue weighted by atomic mass is 32.2. The zero-order valence-corrected chi connectivity index (χ0v) is 11.6. The van der Waals surface area contributed by atoms with E-state index in [4.69, 9.17) is 0 Å². The molecule has 0 radical (unpaired) electrons. The fraction of sp³-hybridized carbons (Fsp3) is 0.727. The molecule has 1 aliphatic heterocycles. The van der Waals surface area contributed by atoms with Crippen molar-refractivity contribution < 1.29 is 8.42 Å². The van der Waals surface area contributed by atoms with Gasteiger partial charge in [0.05, 0.1) is 17.0 Å². The highest BCUT2D eigenvalue weighted by Crippen LogP contribution is 2.27. The lowest BCUT2D eigenvalue weighted by Crippen LogP contribution is -2.45. The summed E-state index contributed by atoms with van der Waals surface area (Å²) in [7, 11) is -3.25. The summed E-state index contributed by atoms with van der Waals surface area (Å²) in [5.41, 5.74) is 3.08. The third kappa shape index (κ3) is 1.99. The Hall–Kier alpha value is -0.880. The average molecular weight is 257 g/mol. The first-order valence-electron chi connectivity index (χ1n) is 5.76. The van der Waals surface area contributed by atoms with E-state index in [2.05, 4.69) is 10.2 Å². The van der Waals surface area contributed by atoms with E-state index in [1.165, 1.54) is 9.87 Å². The maximum Gasteiger partial charge on any atom is 0.219 e. The Labute approximate surface area is 102 Å². The van der Waals surface area contributed by atoms with Crippen LogP contribution in [0.5, 0.6) is 0 Å². The number of hydrogen-bond acceptors (Lipinski definition) is 3. The summed E-state index contributed by atoms with van der Waals surface area (Å²) >= 11 is 0. The van der Waals surface area contributed by atoms with Crippen LogP contribution in [-0.2, 0) is 23.0 Å². The van der Waals surface area contributed by atoms with Gasteiger partial charge < -0.3 is 0 Å². The molecule has 1 N–H and O–H groups in total. The lowest BCUT2D eigenvalue weighted by Gasteiger charge is -2.32. The van der Waals surface area contributed by atoms with Crippen LogP contribution in [0, 0.1) is 6.92 Å². The van der Waals surface area contributed by atoms with Crippen LogP contribution >= 0.6 is 0 Å². The minimum absolute atomic E-state index is 0.388. The molecule has 0 aliphatic carbocycles. The molecule has 0 saturated heterocycles. The molecule has 0 spiro atoms. The molecule has 17 heavy (non-hydrogen) atoms.